The molecule has 0 aromatic heterocycles. The van der Waals surface area contributed by atoms with E-state index in [-0.39, 0.29) is 6.10 Å². The van der Waals surface area contributed by atoms with Crippen molar-refractivity contribution in [3.8, 4) is 0 Å². The molecule has 0 aliphatic heterocycles. The lowest BCUT2D eigenvalue weighted by Crippen LogP contribution is -2.36. The van der Waals surface area contributed by atoms with Crippen LogP contribution in [0, 0.1) is 11.3 Å². The predicted molar refractivity (Wildman–Crippen MR) is 69.0 cm³/mol. The first-order chi connectivity index (χ1) is 8.18. The third kappa shape index (κ3) is 4.94. The molecule has 0 spiro atoms. The van der Waals surface area contributed by atoms with Crippen molar-refractivity contribution in [2.24, 2.45) is 11.3 Å². The number of rotatable bonds is 8. The SMILES string of the molecule is CC1(CNCC(O)COCC2CC2)CCCC1. The lowest BCUT2D eigenvalue weighted by molar-refractivity contribution is 0.0314. The van der Waals surface area contributed by atoms with Crippen LogP contribution in [0.1, 0.15) is 45.4 Å². The van der Waals surface area contributed by atoms with Gasteiger partial charge < -0.3 is 15.2 Å². The summed E-state index contributed by atoms with van der Waals surface area (Å²) in [7, 11) is 0. The van der Waals surface area contributed by atoms with E-state index in [0.29, 0.717) is 18.6 Å². The largest absolute Gasteiger partial charge is 0.389 e. The highest BCUT2D eigenvalue weighted by Gasteiger charge is 2.28. The molecule has 0 bridgehead atoms. The molecule has 3 nitrogen and oxygen atoms in total. The fraction of sp³-hybridized carbons (Fsp3) is 1.00. The quantitative estimate of drug-likeness (QED) is 0.682. The van der Waals surface area contributed by atoms with Gasteiger partial charge in [-0.15, -0.1) is 0 Å². The molecule has 2 aliphatic carbocycles. The number of hydrogen-bond donors (Lipinski definition) is 2. The van der Waals surface area contributed by atoms with E-state index in [4.69, 9.17) is 4.74 Å². The molecule has 0 aromatic carbocycles. The van der Waals surface area contributed by atoms with Crippen molar-refractivity contribution in [2.45, 2.75) is 51.6 Å². The van der Waals surface area contributed by atoms with Crippen molar-refractivity contribution in [1.82, 2.24) is 5.32 Å². The number of nitrogens with one attached hydrogen (secondary N) is 1. The maximum absolute atomic E-state index is 9.75. The third-order valence-electron chi connectivity index (χ3n) is 4.10. The minimum atomic E-state index is -0.348. The Bertz CT molecular complexity index is 222. The van der Waals surface area contributed by atoms with Crippen LogP contribution in [0.4, 0.5) is 0 Å². The lowest BCUT2D eigenvalue weighted by atomic mass is 9.89. The van der Waals surface area contributed by atoms with Gasteiger partial charge in [0.15, 0.2) is 0 Å². The number of aliphatic hydroxyl groups is 1. The van der Waals surface area contributed by atoms with E-state index in [0.717, 1.165) is 19.1 Å². The number of aliphatic hydroxyl groups excluding tert-OH is 1. The molecule has 100 valence electrons. The Balaban J connectivity index is 1.48. The molecular formula is C14H27NO2. The second kappa shape index (κ2) is 6.17. The van der Waals surface area contributed by atoms with Crippen LogP contribution in [0.15, 0.2) is 0 Å². The molecule has 17 heavy (non-hydrogen) atoms. The Labute approximate surface area is 105 Å². The zero-order chi connectivity index (χ0) is 12.1. The first kappa shape index (κ1) is 13.3. The third-order valence-corrected chi connectivity index (χ3v) is 4.10. The van der Waals surface area contributed by atoms with Crippen LogP contribution in [0.2, 0.25) is 0 Å². The Morgan fingerprint density at radius 1 is 1.35 bits per heavy atom. The molecule has 0 saturated heterocycles. The molecule has 2 aliphatic rings. The minimum Gasteiger partial charge on any atom is -0.389 e. The van der Waals surface area contributed by atoms with E-state index in [1.807, 2.05) is 0 Å². The van der Waals surface area contributed by atoms with Gasteiger partial charge in [-0.05, 0) is 37.0 Å². The van der Waals surface area contributed by atoms with E-state index < -0.39 is 0 Å². The first-order valence-electron chi connectivity index (χ1n) is 7.14. The first-order valence-corrected chi connectivity index (χ1v) is 7.14. The highest BCUT2D eigenvalue weighted by Crippen LogP contribution is 2.36. The number of ether oxygens (including phenoxy) is 1. The standard InChI is InChI=1S/C14H27NO2/c1-14(6-2-3-7-14)11-15-8-13(16)10-17-9-12-4-5-12/h12-13,15-16H,2-11H2,1H3. The summed E-state index contributed by atoms with van der Waals surface area (Å²) in [4.78, 5) is 0. The Kier molecular flexibility index (Phi) is 4.83. The van der Waals surface area contributed by atoms with Crippen LogP contribution in [-0.4, -0.2) is 37.5 Å². The summed E-state index contributed by atoms with van der Waals surface area (Å²) in [5, 5.41) is 13.1. The van der Waals surface area contributed by atoms with Crippen molar-refractivity contribution in [2.75, 3.05) is 26.3 Å². The monoisotopic (exact) mass is 241 g/mol. The van der Waals surface area contributed by atoms with Gasteiger partial charge in [0.25, 0.3) is 0 Å². The summed E-state index contributed by atoms with van der Waals surface area (Å²) < 4.78 is 5.48. The molecule has 2 N–H and O–H groups in total. The Morgan fingerprint density at radius 2 is 2.06 bits per heavy atom. The van der Waals surface area contributed by atoms with Crippen molar-refractivity contribution in [3.63, 3.8) is 0 Å². The van der Waals surface area contributed by atoms with E-state index in [9.17, 15) is 5.11 Å². The average Bonchev–Trinajstić information content (AvgIpc) is 3.01. The van der Waals surface area contributed by atoms with Crippen molar-refractivity contribution in [3.05, 3.63) is 0 Å². The second-order valence-electron chi connectivity index (χ2n) is 6.28. The fourth-order valence-electron chi connectivity index (χ4n) is 2.66. The van der Waals surface area contributed by atoms with Gasteiger partial charge in [0, 0.05) is 19.7 Å². The van der Waals surface area contributed by atoms with Gasteiger partial charge in [-0.1, -0.05) is 19.8 Å². The molecular weight excluding hydrogens is 214 g/mol. The zero-order valence-electron chi connectivity index (χ0n) is 11.1. The second-order valence-corrected chi connectivity index (χ2v) is 6.28. The van der Waals surface area contributed by atoms with Gasteiger partial charge >= 0.3 is 0 Å². The summed E-state index contributed by atoms with van der Waals surface area (Å²) >= 11 is 0. The molecule has 1 unspecified atom stereocenters. The van der Waals surface area contributed by atoms with Crippen LogP contribution < -0.4 is 5.32 Å². The van der Waals surface area contributed by atoms with Crippen molar-refractivity contribution < 1.29 is 9.84 Å². The van der Waals surface area contributed by atoms with E-state index in [1.54, 1.807) is 0 Å². The molecule has 0 heterocycles. The Hall–Kier alpha value is -0.120. The normalized spacial score (nSPS) is 25.1. The number of hydrogen-bond acceptors (Lipinski definition) is 3. The van der Waals surface area contributed by atoms with Crippen LogP contribution in [0.25, 0.3) is 0 Å². The smallest absolute Gasteiger partial charge is 0.0897 e. The van der Waals surface area contributed by atoms with Gasteiger partial charge in [0.2, 0.25) is 0 Å². The molecule has 0 aromatic rings. The van der Waals surface area contributed by atoms with E-state index in [1.165, 1.54) is 38.5 Å². The van der Waals surface area contributed by atoms with Gasteiger partial charge in [0.05, 0.1) is 12.7 Å². The molecule has 2 fully saturated rings. The molecule has 0 radical (unpaired) electrons. The average molecular weight is 241 g/mol. The minimum absolute atomic E-state index is 0.348. The van der Waals surface area contributed by atoms with Gasteiger partial charge in [-0.25, -0.2) is 0 Å². The topological polar surface area (TPSA) is 41.5 Å². The summed E-state index contributed by atoms with van der Waals surface area (Å²) in [6, 6.07) is 0. The van der Waals surface area contributed by atoms with Gasteiger partial charge in [-0.2, -0.15) is 0 Å². The van der Waals surface area contributed by atoms with Gasteiger partial charge in [0.1, 0.15) is 0 Å². The van der Waals surface area contributed by atoms with E-state index >= 15 is 0 Å². The maximum atomic E-state index is 9.75. The summed E-state index contributed by atoms with van der Waals surface area (Å²) in [5.74, 6) is 0.785. The van der Waals surface area contributed by atoms with Crippen molar-refractivity contribution >= 4 is 0 Å². The molecule has 0 amide bonds. The highest BCUT2D eigenvalue weighted by molar-refractivity contribution is 4.82. The molecule has 3 heteroatoms. The van der Waals surface area contributed by atoms with Crippen LogP contribution in [0.3, 0.4) is 0 Å². The molecule has 2 saturated carbocycles. The maximum Gasteiger partial charge on any atom is 0.0897 e. The van der Waals surface area contributed by atoms with Crippen molar-refractivity contribution in [1.29, 1.82) is 0 Å². The van der Waals surface area contributed by atoms with Gasteiger partial charge in [-0.3, -0.25) is 0 Å². The predicted octanol–water partition coefficient (Wildman–Crippen LogP) is 1.94. The molecule has 1 atom stereocenters. The summed E-state index contributed by atoms with van der Waals surface area (Å²) in [5.41, 5.74) is 0.467. The summed E-state index contributed by atoms with van der Waals surface area (Å²) in [6.45, 7) is 5.38. The fourth-order valence-corrected chi connectivity index (χ4v) is 2.66. The van der Waals surface area contributed by atoms with Crippen LogP contribution >= 0.6 is 0 Å². The van der Waals surface area contributed by atoms with Crippen LogP contribution in [0.5, 0.6) is 0 Å². The Morgan fingerprint density at radius 3 is 2.71 bits per heavy atom. The lowest BCUT2D eigenvalue weighted by Gasteiger charge is -2.24. The highest BCUT2D eigenvalue weighted by atomic mass is 16.5. The van der Waals surface area contributed by atoms with Crippen LogP contribution in [-0.2, 0) is 4.74 Å². The van der Waals surface area contributed by atoms with E-state index in [2.05, 4.69) is 12.2 Å². The zero-order valence-corrected chi connectivity index (χ0v) is 11.1. The molecule has 2 rings (SSSR count). The summed E-state index contributed by atoms with van der Waals surface area (Å²) in [6.07, 6.45) is 7.66.